The summed E-state index contributed by atoms with van der Waals surface area (Å²) in [6.45, 7) is 5.62. The summed E-state index contributed by atoms with van der Waals surface area (Å²) in [5, 5.41) is 11.3. The SMILES string of the molecule is CCC[C@@H](NC(=O)N(C)C(C)C)C(=O)O. The van der Waals surface area contributed by atoms with E-state index < -0.39 is 12.0 Å². The van der Waals surface area contributed by atoms with Crippen molar-refractivity contribution in [3.8, 4) is 0 Å². The van der Waals surface area contributed by atoms with Crippen molar-refractivity contribution in [3.05, 3.63) is 0 Å². The number of hydrogen-bond donors (Lipinski definition) is 2. The zero-order valence-corrected chi connectivity index (χ0v) is 9.78. The van der Waals surface area contributed by atoms with E-state index in [1.54, 1.807) is 7.05 Å². The Hall–Kier alpha value is -1.26. The van der Waals surface area contributed by atoms with Gasteiger partial charge in [-0.15, -0.1) is 0 Å². The van der Waals surface area contributed by atoms with Gasteiger partial charge >= 0.3 is 12.0 Å². The molecule has 1 atom stereocenters. The van der Waals surface area contributed by atoms with Crippen LogP contribution in [0.5, 0.6) is 0 Å². The van der Waals surface area contributed by atoms with Gasteiger partial charge in [0.25, 0.3) is 0 Å². The standard InChI is InChI=1S/C10H20N2O3/c1-5-6-8(9(13)14)11-10(15)12(4)7(2)3/h7-8H,5-6H2,1-4H3,(H,11,15)(H,13,14)/t8-/m1/s1. The van der Waals surface area contributed by atoms with E-state index >= 15 is 0 Å². The van der Waals surface area contributed by atoms with Gasteiger partial charge in [-0.2, -0.15) is 0 Å². The molecule has 0 aliphatic carbocycles. The maximum Gasteiger partial charge on any atom is 0.326 e. The minimum absolute atomic E-state index is 0.0565. The van der Waals surface area contributed by atoms with Crippen LogP contribution in [0.15, 0.2) is 0 Å². The molecule has 0 spiro atoms. The van der Waals surface area contributed by atoms with Crippen LogP contribution in [0.4, 0.5) is 4.79 Å². The van der Waals surface area contributed by atoms with Crippen LogP contribution >= 0.6 is 0 Å². The molecule has 15 heavy (non-hydrogen) atoms. The topological polar surface area (TPSA) is 69.6 Å². The number of carbonyl (C=O) groups is 2. The molecular weight excluding hydrogens is 196 g/mol. The number of nitrogens with one attached hydrogen (secondary N) is 1. The largest absolute Gasteiger partial charge is 0.480 e. The Kier molecular flexibility index (Phi) is 5.74. The molecule has 88 valence electrons. The molecule has 2 amide bonds. The lowest BCUT2D eigenvalue weighted by molar-refractivity contribution is -0.139. The predicted molar refractivity (Wildman–Crippen MR) is 57.8 cm³/mol. The van der Waals surface area contributed by atoms with E-state index in [-0.39, 0.29) is 12.1 Å². The van der Waals surface area contributed by atoms with Gasteiger partial charge in [-0.25, -0.2) is 9.59 Å². The Balaban J connectivity index is 4.28. The molecule has 0 saturated carbocycles. The van der Waals surface area contributed by atoms with Gasteiger partial charge in [0.1, 0.15) is 6.04 Å². The second-order valence-corrected chi connectivity index (χ2v) is 3.83. The third-order valence-electron chi connectivity index (χ3n) is 2.27. The van der Waals surface area contributed by atoms with Gasteiger partial charge in [-0.1, -0.05) is 13.3 Å². The first kappa shape index (κ1) is 13.7. The minimum Gasteiger partial charge on any atom is -0.480 e. The van der Waals surface area contributed by atoms with Crippen molar-refractivity contribution < 1.29 is 14.7 Å². The number of urea groups is 1. The summed E-state index contributed by atoms with van der Waals surface area (Å²) in [5.41, 5.74) is 0. The van der Waals surface area contributed by atoms with Crippen molar-refractivity contribution >= 4 is 12.0 Å². The highest BCUT2D eigenvalue weighted by atomic mass is 16.4. The summed E-state index contributed by atoms with van der Waals surface area (Å²) in [7, 11) is 1.64. The number of carboxylic acids is 1. The molecule has 0 unspecified atom stereocenters. The third-order valence-corrected chi connectivity index (χ3v) is 2.27. The van der Waals surface area contributed by atoms with E-state index in [1.807, 2.05) is 20.8 Å². The second kappa shape index (κ2) is 6.27. The van der Waals surface area contributed by atoms with Crippen LogP contribution in [-0.2, 0) is 4.79 Å². The molecule has 0 fully saturated rings. The summed E-state index contributed by atoms with van der Waals surface area (Å²) in [6, 6.07) is -1.07. The Labute approximate surface area is 90.5 Å². The Bertz CT molecular complexity index is 229. The molecule has 0 bridgehead atoms. The van der Waals surface area contributed by atoms with Crippen molar-refractivity contribution in [2.45, 2.75) is 45.7 Å². The maximum atomic E-state index is 11.5. The van der Waals surface area contributed by atoms with Crippen LogP contribution in [0.1, 0.15) is 33.6 Å². The third kappa shape index (κ3) is 4.67. The number of rotatable bonds is 5. The molecule has 0 heterocycles. The fourth-order valence-corrected chi connectivity index (χ4v) is 1.03. The highest BCUT2D eigenvalue weighted by Gasteiger charge is 2.21. The molecule has 0 aliphatic rings. The van der Waals surface area contributed by atoms with Crippen LogP contribution in [0.3, 0.4) is 0 Å². The van der Waals surface area contributed by atoms with Crippen molar-refractivity contribution in [1.29, 1.82) is 0 Å². The van der Waals surface area contributed by atoms with Gasteiger partial charge in [0.05, 0.1) is 0 Å². The molecule has 0 saturated heterocycles. The van der Waals surface area contributed by atoms with Crippen LogP contribution in [0, 0.1) is 0 Å². The summed E-state index contributed by atoms with van der Waals surface area (Å²) >= 11 is 0. The number of aliphatic carboxylic acids is 1. The number of carboxylic acid groups (broad SMARTS) is 1. The molecular formula is C10H20N2O3. The first-order valence-corrected chi connectivity index (χ1v) is 5.16. The summed E-state index contributed by atoms with van der Waals surface area (Å²) < 4.78 is 0. The molecule has 2 N–H and O–H groups in total. The zero-order valence-electron chi connectivity index (χ0n) is 9.78. The molecule has 0 aliphatic heterocycles. The number of carbonyl (C=O) groups excluding carboxylic acids is 1. The van der Waals surface area contributed by atoms with Crippen molar-refractivity contribution in [3.63, 3.8) is 0 Å². The predicted octanol–water partition coefficient (Wildman–Crippen LogP) is 1.29. The van der Waals surface area contributed by atoms with Crippen LogP contribution < -0.4 is 5.32 Å². The fraction of sp³-hybridized carbons (Fsp3) is 0.800. The molecule has 0 radical (unpaired) electrons. The fourth-order valence-electron chi connectivity index (χ4n) is 1.03. The summed E-state index contributed by atoms with van der Waals surface area (Å²) in [5.74, 6) is -0.984. The van der Waals surface area contributed by atoms with Crippen LogP contribution in [0.2, 0.25) is 0 Å². The van der Waals surface area contributed by atoms with Gasteiger partial charge < -0.3 is 15.3 Å². The smallest absolute Gasteiger partial charge is 0.326 e. The summed E-state index contributed by atoms with van der Waals surface area (Å²) in [4.78, 5) is 23.8. The van der Waals surface area contributed by atoms with E-state index in [0.29, 0.717) is 6.42 Å². The van der Waals surface area contributed by atoms with Crippen molar-refractivity contribution in [2.24, 2.45) is 0 Å². The Morgan fingerprint density at radius 2 is 1.93 bits per heavy atom. The second-order valence-electron chi connectivity index (χ2n) is 3.83. The van der Waals surface area contributed by atoms with Gasteiger partial charge in [0.15, 0.2) is 0 Å². The molecule has 0 aromatic heterocycles. The zero-order chi connectivity index (χ0) is 12.0. The normalized spacial score (nSPS) is 12.3. The lowest BCUT2D eigenvalue weighted by Gasteiger charge is -2.24. The van der Waals surface area contributed by atoms with E-state index in [1.165, 1.54) is 4.90 Å². The quantitative estimate of drug-likeness (QED) is 0.727. The van der Waals surface area contributed by atoms with Gasteiger partial charge in [0, 0.05) is 13.1 Å². The Morgan fingerprint density at radius 1 is 1.40 bits per heavy atom. The first-order chi connectivity index (χ1) is 6.90. The maximum absolute atomic E-state index is 11.5. The lowest BCUT2D eigenvalue weighted by atomic mass is 10.2. The van der Waals surface area contributed by atoms with E-state index in [4.69, 9.17) is 5.11 Å². The van der Waals surface area contributed by atoms with Gasteiger partial charge in [-0.3, -0.25) is 0 Å². The number of hydrogen-bond acceptors (Lipinski definition) is 2. The lowest BCUT2D eigenvalue weighted by Crippen LogP contribution is -2.48. The molecule has 0 aromatic rings. The van der Waals surface area contributed by atoms with E-state index in [2.05, 4.69) is 5.32 Å². The van der Waals surface area contributed by atoms with Crippen LogP contribution in [0.25, 0.3) is 0 Å². The molecule has 5 heteroatoms. The van der Waals surface area contributed by atoms with Gasteiger partial charge in [-0.05, 0) is 20.3 Å². The number of nitrogens with zero attached hydrogens (tertiary/aromatic N) is 1. The Morgan fingerprint density at radius 3 is 2.27 bits per heavy atom. The van der Waals surface area contributed by atoms with Gasteiger partial charge in [0.2, 0.25) is 0 Å². The first-order valence-electron chi connectivity index (χ1n) is 5.16. The van der Waals surface area contributed by atoms with Crippen molar-refractivity contribution in [1.82, 2.24) is 10.2 Å². The average molecular weight is 216 g/mol. The number of amides is 2. The highest BCUT2D eigenvalue weighted by Crippen LogP contribution is 2.00. The highest BCUT2D eigenvalue weighted by molar-refractivity contribution is 5.82. The molecule has 0 rings (SSSR count). The summed E-state index contributed by atoms with van der Waals surface area (Å²) in [6.07, 6.45) is 1.18. The average Bonchev–Trinajstić information content (AvgIpc) is 2.15. The monoisotopic (exact) mass is 216 g/mol. The molecule has 0 aromatic carbocycles. The van der Waals surface area contributed by atoms with E-state index in [9.17, 15) is 9.59 Å². The minimum atomic E-state index is -0.984. The van der Waals surface area contributed by atoms with E-state index in [0.717, 1.165) is 6.42 Å². The molecule has 5 nitrogen and oxygen atoms in total. The van der Waals surface area contributed by atoms with Crippen molar-refractivity contribution in [2.75, 3.05) is 7.05 Å². The van der Waals surface area contributed by atoms with Crippen LogP contribution in [-0.4, -0.2) is 41.1 Å².